The van der Waals surface area contributed by atoms with Crippen LogP contribution in [0.3, 0.4) is 0 Å². The molecule has 1 unspecified atom stereocenters. The van der Waals surface area contributed by atoms with Gasteiger partial charge in [-0.25, -0.2) is 4.79 Å². The minimum Gasteiger partial charge on any atom is -0.478 e. The quantitative estimate of drug-likeness (QED) is 0.684. The van der Waals surface area contributed by atoms with Gasteiger partial charge in [0.1, 0.15) is 0 Å². The Morgan fingerprint density at radius 1 is 1.60 bits per heavy atom. The van der Waals surface area contributed by atoms with Crippen LogP contribution in [0.25, 0.3) is 0 Å². The van der Waals surface area contributed by atoms with E-state index in [4.69, 9.17) is 14.6 Å². The van der Waals surface area contributed by atoms with Crippen molar-refractivity contribution in [3.05, 3.63) is 21.9 Å². The molecule has 2 N–H and O–H groups in total. The third-order valence-electron chi connectivity index (χ3n) is 3.17. The highest BCUT2D eigenvalue weighted by Gasteiger charge is 2.14. The average Bonchev–Trinajstić information content (AvgIpc) is 3.08. The van der Waals surface area contributed by atoms with Crippen molar-refractivity contribution in [1.29, 1.82) is 0 Å². The third kappa shape index (κ3) is 5.20. The average molecular weight is 299 g/mol. The van der Waals surface area contributed by atoms with E-state index in [2.05, 4.69) is 5.32 Å². The van der Waals surface area contributed by atoms with Gasteiger partial charge < -0.3 is 19.9 Å². The minimum atomic E-state index is -0.866. The number of thiophene rings is 1. The summed E-state index contributed by atoms with van der Waals surface area (Å²) in [5, 5.41) is 13.8. The number of ether oxygens (including phenoxy) is 2. The van der Waals surface area contributed by atoms with E-state index in [9.17, 15) is 4.79 Å². The number of hydrogen-bond donors (Lipinski definition) is 2. The standard InChI is InChI=1S/C14H21NO4S/c16-14(17)11-7-13(20-10-11)8-15-4-2-5-18-9-12-3-1-6-19-12/h7,10,12,15H,1-6,8-9H2,(H,16,17). The van der Waals surface area contributed by atoms with Crippen molar-refractivity contribution in [1.82, 2.24) is 5.32 Å². The molecule has 1 fully saturated rings. The largest absolute Gasteiger partial charge is 0.478 e. The molecule has 0 bridgehead atoms. The van der Waals surface area contributed by atoms with Crippen LogP contribution < -0.4 is 5.32 Å². The lowest BCUT2D eigenvalue weighted by Crippen LogP contribution is -2.18. The Balaban J connectivity index is 1.47. The second-order valence-corrected chi connectivity index (χ2v) is 5.84. The SMILES string of the molecule is O=C(O)c1csc(CNCCCOCC2CCCO2)c1. The Morgan fingerprint density at radius 3 is 3.20 bits per heavy atom. The maximum absolute atomic E-state index is 10.7. The highest BCUT2D eigenvalue weighted by Crippen LogP contribution is 2.14. The summed E-state index contributed by atoms with van der Waals surface area (Å²) in [4.78, 5) is 11.8. The van der Waals surface area contributed by atoms with Gasteiger partial charge in [-0.3, -0.25) is 0 Å². The van der Waals surface area contributed by atoms with Crippen LogP contribution in [-0.2, 0) is 16.0 Å². The molecule has 1 aliphatic rings. The van der Waals surface area contributed by atoms with E-state index in [0.717, 1.165) is 43.9 Å². The molecule has 1 atom stereocenters. The molecule has 1 aliphatic heterocycles. The molecule has 0 aliphatic carbocycles. The van der Waals surface area contributed by atoms with Gasteiger partial charge in [-0.1, -0.05) is 0 Å². The zero-order chi connectivity index (χ0) is 14.2. The molecular formula is C14H21NO4S. The fraction of sp³-hybridized carbons (Fsp3) is 0.643. The predicted molar refractivity (Wildman–Crippen MR) is 77.4 cm³/mol. The highest BCUT2D eigenvalue weighted by atomic mass is 32.1. The summed E-state index contributed by atoms with van der Waals surface area (Å²) in [5.41, 5.74) is 0.367. The number of carboxylic acids is 1. The lowest BCUT2D eigenvalue weighted by Gasteiger charge is -2.10. The number of nitrogens with one attached hydrogen (secondary N) is 1. The van der Waals surface area contributed by atoms with E-state index in [0.29, 0.717) is 24.8 Å². The minimum absolute atomic E-state index is 0.295. The van der Waals surface area contributed by atoms with Crippen molar-refractivity contribution < 1.29 is 19.4 Å². The summed E-state index contributed by atoms with van der Waals surface area (Å²) in [6, 6.07) is 1.72. The topological polar surface area (TPSA) is 67.8 Å². The van der Waals surface area contributed by atoms with Gasteiger partial charge in [-0.05, 0) is 31.9 Å². The number of rotatable bonds is 9. The van der Waals surface area contributed by atoms with E-state index in [1.807, 2.05) is 0 Å². The van der Waals surface area contributed by atoms with E-state index in [1.165, 1.54) is 11.3 Å². The van der Waals surface area contributed by atoms with Crippen LogP contribution in [0.1, 0.15) is 34.5 Å². The maximum Gasteiger partial charge on any atom is 0.336 e. The van der Waals surface area contributed by atoms with Gasteiger partial charge in [0.05, 0.1) is 18.3 Å². The normalized spacial score (nSPS) is 18.5. The third-order valence-corrected chi connectivity index (χ3v) is 4.11. The van der Waals surface area contributed by atoms with Gasteiger partial charge in [0.25, 0.3) is 0 Å². The van der Waals surface area contributed by atoms with E-state index < -0.39 is 5.97 Å². The summed E-state index contributed by atoms with van der Waals surface area (Å²) >= 11 is 1.47. The highest BCUT2D eigenvalue weighted by molar-refractivity contribution is 7.10. The van der Waals surface area contributed by atoms with Crippen LogP contribution in [0.15, 0.2) is 11.4 Å². The molecule has 5 nitrogen and oxygen atoms in total. The Morgan fingerprint density at radius 2 is 2.50 bits per heavy atom. The van der Waals surface area contributed by atoms with E-state index >= 15 is 0 Å². The van der Waals surface area contributed by atoms with Gasteiger partial charge in [-0.2, -0.15) is 0 Å². The van der Waals surface area contributed by atoms with Crippen molar-refractivity contribution in [2.45, 2.75) is 31.9 Å². The molecule has 0 amide bonds. The Kier molecular flexibility index (Phi) is 6.46. The van der Waals surface area contributed by atoms with Crippen molar-refractivity contribution in [2.75, 3.05) is 26.4 Å². The molecule has 0 spiro atoms. The monoisotopic (exact) mass is 299 g/mol. The first-order chi connectivity index (χ1) is 9.75. The Bertz CT molecular complexity index is 415. The molecule has 1 saturated heterocycles. The molecule has 20 heavy (non-hydrogen) atoms. The second kappa shape index (κ2) is 8.36. The van der Waals surface area contributed by atoms with Crippen molar-refractivity contribution in [2.24, 2.45) is 0 Å². The van der Waals surface area contributed by atoms with Gasteiger partial charge in [0, 0.05) is 30.0 Å². The summed E-state index contributed by atoms with van der Waals surface area (Å²) in [6.07, 6.45) is 3.50. The predicted octanol–water partition coefficient (Wildman–Crippen LogP) is 2.12. The zero-order valence-corrected chi connectivity index (χ0v) is 12.3. The Hall–Kier alpha value is -0.950. The van der Waals surface area contributed by atoms with E-state index in [-0.39, 0.29) is 0 Å². The first-order valence-corrected chi connectivity index (χ1v) is 7.84. The number of hydrogen-bond acceptors (Lipinski definition) is 5. The van der Waals surface area contributed by atoms with Crippen molar-refractivity contribution >= 4 is 17.3 Å². The lowest BCUT2D eigenvalue weighted by molar-refractivity contribution is 0.0166. The molecule has 0 radical (unpaired) electrons. The fourth-order valence-corrected chi connectivity index (χ4v) is 2.91. The van der Waals surface area contributed by atoms with E-state index in [1.54, 1.807) is 11.4 Å². The van der Waals surface area contributed by atoms with Gasteiger partial charge in [-0.15, -0.1) is 11.3 Å². The number of carbonyl (C=O) groups is 1. The lowest BCUT2D eigenvalue weighted by atomic mass is 10.2. The van der Waals surface area contributed by atoms with Crippen LogP contribution in [0, 0.1) is 0 Å². The van der Waals surface area contributed by atoms with Crippen molar-refractivity contribution in [3.63, 3.8) is 0 Å². The molecule has 112 valence electrons. The van der Waals surface area contributed by atoms with Crippen LogP contribution in [0.4, 0.5) is 0 Å². The molecule has 2 heterocycles. The van der Waals surface area contributed by atoms with Crippen molar-refractivity contribution in [3.8, 4) is 0 Å². The molecule has 1 aromatic rings. The molecule has 0 saturated carbocycles. The molecule has 1 aromatic heterocycles. The summed E-state index contributed by atoms with van der Waals surface area (Å²) in [7, 11) is 0. The molecule has 0 aromatic carbocycles. The molecular weight excluding hydrogens is 278 g/mol. The summed E-state index contributed by atoms with van der Waals surface area (Å²) in [6.45, 7) is 3.88. The van der Waals surface area contributed by atoms with Gasteiger partial charge in [0.15, 0.2) is 0 Å². The van der Waals surface area contributed by atoms with Crippen LogP contribution in [0.5, 0.6) is 0 Å². The van der Waals surface area contributed by atoms with Gasteiger partial charge in [0.2, 0.25) is 0 Å². The first-order valence-electron chi connectivity index (χ1n) is 6.96. The Labute approximate surface area is 122 Å². The fourth-order valence-electron chi connectivity index (χ4n) is 2.09. The van der Waals surface area contributed by atoms with Crippen LogP contribution in [0.2, 0.25) is 0 Å². The zero-order valence-electron chi connectivity index (χ0n) is 11.5. The molecule has 2 rings (SSSR count). The first kappa shape index (κ1) is 15.4. The van der Waals surface area contributed by atoms with Crippen LogP contribution >= 0.6 is 11.3 Å². The smallest absolute Gasteiger partial charge is 0.336 e. The number of carboxylic acid groups (broad SMARTS) is 1. The van der Waals surface area contributed by atoms with Gasteiger partial charge >= 0.3 is 5.97 Å². The summed E-state index contributed by atoms with van der Waals surface area (Å²) in [5.74, 6) is -0.866. The van der Waals surface area contributed by atoms with Crippen LogP contribution in [-0.4, -0.2) is 43.5 Å². The summed E-state index contributed by atoms with van der Waals surface area (Å²) < 4.78 is 11.0. The molecule has 6 heteroatoms. The number of aromatic carboxylic acids is 1. The second-order valence-electron chi connectivity index (χ2n) is 4.85. The maximum atomic E-state index is 10.7.